The van der Waals surface area contributed by atoms with Crippen LogP contribution < -0.4 is 10.6 Å². The number of rotatable bonds is 7. The van der Waals surface area contributed by atoms with E-state index in [2.05, 4.69) is 15.7 Å². The molecule has 26 heavy (non-hydrogen) atoms. The molecule has 140 valence electrons. The monoisotopic (exact) mass is 378 g/mol. The third kappa shape index (κ3) is 5.05. The van der Waals surface area contributed by atoms with Gasteiger partial charge in [0.15, 0.2) is 0 Å². The zero-order valence-electron chi connectivity index (χ0n) is 14.8. The summed E-state index contributed by atoms with van der Waals surface area (Å²) in [5.74, 6) is 0.0969. The van der Waals surface area contributed by atoms with Crippen molar-refractivity contribution in [1.82, 2.24) is 20.4 Å². The molecule has 0 bridgehead atoms. The Morgan fingerprint density at radius 2 is 2.27 bits per heavy atom. The highest BCUT2D eigenvalue weighted by Gasteiger charge is 2.28. The van der Waals surface area contributed by atoms with Gasteiger partial charge in [0.25, 0.3) is 0 Å². The van der Waals surface area contributed by atoms with Crippen LogP contribution in [0.1, 0.15) is 30.4 Å². The average molecular weight is 379 g/mol. The van der Waals surface area contributed by atoms with E-state index in [4.69, 9.17) is 11.6 Å². The Kier molecular flexibility index (Phi) is 6.27. The minimum atomic E-state index is -0.294. The highest BCUT2D eigenvalue weighted by atomic mass is 35.5. The van der Waals surface area contributed by atoms with Crippen LogP contribution in [0.4, 0.5) is 4.39 Å². The van der Waals surface area contributed by atoms with Gasteiger partial charge in [0.2, 0.25) is 5.91 Å². The van der Waals surface area contributed by atoms with Crippen LogP contribution in [0.25, 0.3) is 0 Å². The molecule has 7 heteroatoms. The van der Waals surface area contributed by atoms with Crippen molar-refractivity contribution in [3.8, 4) is 0 Å². The summed E-state index contributed by atoms with van der Waals surface area (Å²) in [4.78, 5) is 12.3. The van der Waals surface area contributed by atoms with Crippen LogP contribution in [0, 0.1) is 11.7 Å². The Labute approximate surface area is 157 Å². The Balaban J connectivity index is 1.46. The number of carbonyl (C=O) groups is 1. The fraction of sp³-hybridized carbons (Fsp3) is 0.474. The molecule has 0 radical (unpaired) electrons. The number of benzene rings is 1. The summed E-state index contributed by atoms with van der Waals surface area (Å²) in [6.07, 6.45) is 7.07. The Morgan fingerprint density at radius 1 is 1.42 bits per heavy atom. The number of hydrogen-bond acceptors (Lipinski definition) is 3. The molecule has 0 aliphatic heterocycles. The van der Waals surface area contributed by atoms with Gasteiger partial charge in [-0.15, -0.1) is 0 Å². The van der Waals surface area contributed by atoms with Gasteiger partial charge < -0.3 is 10.6 Å². The first-order valence-electron chi connectivity index (χ1n) is 8.93. The Hall–Kier alpha value is -1.92. The summed E-state index contributed by atoms with van der Waals surface area (Å²) in [7, 11) is 1.84. The van der Waals surface area contributed by atoms with Crippen LogP contribution in [-0.4, -0.2) is 28.3 Å². The first-order chi connectivity index (χ1) is 12.5. The molecule has 1 amide bonds. The van der Waals surface area contributed by atoms with Crippen LogP contribution in [0.5, 0.6) is 0 Å². The quantitative estimate of drug-likeness (QED) is 0.778. The fourth-order valence-electron chi connectivity index (χ4n) is 3.53. The van der Waals surface area contributed by atoms with Gasteiger partial charge in [0.05, 0.1) is 12.6 Å². The molecule has 2 unspecified atom stereocenters. The van der Waals surface area contributed by atoms with Crippen molar-refractivity contribution in [2.24, 2.45) is 13.0 Å². The number of nitrogens with one attached hydrogen (secondary N) is 2. The second-order valence-corrected chi connectivity index (χ2v) is 7.37. The predicted octanol–water partition coefficient (Wildman–Crippen LogP) is 2.83. The molecular weight excluding hydrogens is 355 g/mol. The van der Waals surface area contributed by atoms with Gasteiger partial charge in [-0.05, 0) is 36.5 Å². The molecule has 0 saturated heterocycles. The van der Waals surface area contributed by atoms with Gasteiger partial charge >= 0.3 is 0 Å². The zero-order chi connectivity index (χ0) is 18.5. The summed E-state index contributed by atoms with van der Waals surface area (Å²) in [5.41, 5.74) is 1.51. The first-order valence-corrected chi connectivity index (χ1v) is 9.30. The molecule has 1 aromatic carbocycles. The molecular formula is C19H24ClFN4O. The number of nitrogens with zero attached hydrogens (tertiary/aromatic N) is 2. The summed E-state index contributed by atoms with van der Waals surface area (Å²) < 4.78 is 15.5. The highest BCUT2D eigenvalue weighted by molar-refractivity contribution is 6.30. The molecule has 0 spiro atoms. The predicted molar refractivity (Wildman–Crippen MR) is 99.3 cm³/mol. The molecule has 1 aliphatic rings. The Morgan fingerprint density at radius 3 is 3.00 bits per heavy atom. The summed E-state index contributed by atoms with van der Waals surface area (Å²) in [6, 6.07) is 4.89. The van der Waals surface area contributed by atoms with Crippen LogP contribution in [0.2, 0.25) is 5.02 Å². The van der Waals surface area contributed by atoms with Gasteiger partial charge in [0, 0.05) is 43.0 Å². The van der Waals surface area contributed by atoms with Crippen LogP contribution in [-0.2, 0) is 24.8 Å². The summed E-state index contributed by atoms with van der Waals surface area (Å²) >= 11 is 5.78. The minimum absolute atomic E-state index is 0.0265. The molecule has 2 atom stereocenters. The number of halogens is 2. The van der Waals surface area contributed by atoms with Crippen molar-refractivity contribution in [3.63, 3.8) is 0 Å². The molecule has 2 N–H and O–H groups in total. The van der Waals surface area contributed by atoms with Crippen molar-refractivity contribution < 1.29 is 9.18 Å². The molecule has 2 aromatic rings. The lowest BCUT2D eigenvalue weighted by Crippen LogP contribution is -2.41. The van der Waals surface area contributed by atoms with Gasteiger partial charge in [-0.2, -0.15) is 5.10 Å². The minimum Gasteiger partial charge on any atom is -0.353 e. The van der Waals surface area contributed by atoms with Crippen LogP contribution >= 0.6 is 11.6 Å². The van der Waals surface area contributed by atoms with E-state index in [-0.39, 0.29) is 17.8 Å². The maximum atomic E-state index is 13.8. The number of aromatic nitrogens is 2. The summed E-state index contributed by atoms with van der Waals surface area (Å²) in [6.45, 7) is 1.20. The number of hydrogen-bond donors (Lipinski definition) is 2. The molecule has 5 nitrogen and oxygen atoms in total. The van der Waals surface area contributed by atoms with Crippen molar-refractivity contribution >= 4 is 17.5 Å². The maximum Gasteiger partial charge on any atom is 0.224 e. The van der Waals surface area contributed by atoms with Crippen molar-refractivity contribution in [1.29, 1.82) is 0 Å². The normalized spacial score (nSPS) is 19.7. The van der Waals surface area contributed by atoms with E-state index in [1.165, 1.54) is 6.07 Å². The highest BCUT2D eigenvalue weighted by Crippen LogP contribution is 2.25. The topological polar surface area (TPSA) is 59.0 Å². The fourth-order valence-corrected chi connectivity index (χ4v) is 3.69. The van der Waals surface area contributed by atoms with Crippen molar-refractivity contribution in [3.05, 3.63) is 52.6 Å². The average Bonchev–Trinajstić information content (AvgIpc) is 3.18. The smallest absolute Gasteiger partial charge is 0.224 e. The number of carbonyl (C=O) groups excluding carboxylic acids is 1. The SMILES string of the molecule is Cn1cc(CC(=O)NC2CCCC2CNCc2ccc(Cl)cc2F)cn1. The van der Waals surface area contributed by atoms with Crippen LogP contribution in [0.3, 0.4) is 0 Å². The third-order valence-corrected chi connectivity index (χ3v) is 5.10. The van der Waals surface area contributed by atoms with E-state index in [9.17, 15) is 9.18 Å². The van der Waals surface area contributed by atoms with Gasteiger partial charge in [-0.3, -0.25) is 9.48 Å². The molecule has 1 aliphatic carbocycles. The van der Waals surface area contributed by atoms with E-state index in [0.29, 0.717) is 29.5 Å². The van der Waals surface area contributed by atoms with E-state index in [1.54, 1.807) is 23.0 Å². The van der Waals surface area contributed by atoms with E-state index in [1.807, 2.05) is 13.2 Å². The molecule has 1 aromatic heterocycles. The van der Waals surface area contributed by atoms with E-state index in [0.717, 1.165) is 31.4 Å². The van der Waals surface area contributed by atoms with Crippen molar-refractivity contribution in [2.45, 2.75) is 38.3 Å². The number of aryl methyl sites for hydroxylation is 1. The Bertz CT molecular complexity index is 764. The van der Waals surface area contributed by atoms with E-state index >= 15 is 0 Å². The second-order valence-electron chi connectivity index (χ2n) is 6.93. The lowest BCUT2D eigenvalue weighted by atomic mass is 10.0. The lowest BCUT2D eigenvalue weighted by Gasteiger charge is -2.21. The van der Waals surface area contributed by atoms with E-state index < -0.39 is 0 Å². The third-order valence-electron chi connectivity index (χ3n) is 4.87. The first kappa shape index (κ1) is 18.9. The second kappa shape index (κ2) is 8.64. The molecule has 1 saturated carbocycles. The lowest BCUT2D eigenvalue weighted by molar-refractivity contribution is -0.121. The van der Waals surface area contributed by atoms with Crippen molar-refractivity contribution in [2.75, 3.05) is 6.54 Å². The standard InChI is InChI=1S/C19H24ClFN4O/c1-25-12-13(9-23-25)7-19(26)24-18-4-2-3-15(18)11-22-10-14-5-6-16(20)8-17(14)21/h5-6,8-9,12,15,18,22H,2-4,7,10-11H2,1H3,(H,24,26). The van der Waals surface area contributed by atoms with Gasteiger partial charge in [-0.1, -0.05) is 24.1 Å². The summed E-state index contributed by atoms with van der Waals surface area (Å²) in [5, 5.41) is 10.9. The largest absolute Gasteiger partial charge is 0.353 e. The molecule has 1 heterocycles. The van der Waals surface area contributed by atoms with Gasteiger partial charge in [0.1, 0.15) is 5.82 Å². The van der Waals surface area contributed by atoms with Gasteiger partial charge in [-0.25, -0.2) is 4.39 Å². The zero-order valence-corrected chi connectivity index (χ0v) is 15.6. The number of amides is 1. The van der Waals surface area contributed by atoms with Crippen LogP contribution in [0.15, 0.2) is 30.6 Å². The molecule has 1 fully saturated rings. The maximum absolute atomic E-state index is 13.8. The molecule has 3 rings (SSSR count).